The number of fused-ring (bicyclic) bond motifs is 2. The van der Waals surface area contributed by atoms with E-state index in [0.29, 0.717) is 0 Å². The normalized spacial score (nSPS) is 16.6. The predicted octanol–water partition coefficient (Wildman–Crippen LogP) is 3.95. The summed E-state index contributed by atoms with van der Waals surface area (Å²) in [4.78, 5) is 15.2. The number of nitrogens with zero attached hydrogens (tertiary/aromatic N) is 2. The summed E-state index contributed by atoms with van der Waals surface area (Å²) >= 11 is -0.901. The molecule has 1 saturated heterocycles. The zero-order chi connectivity index (χ0) is 22.3. The molecule has 1 fully saturated rings. The Morgan fingerprint density at radius 1 is 0.875 bits per heavy atom. The molecular formula is C24H19N2O4SSe+. The SMILES string of the molecule is [N-]=[N+]=C1C=C(S(=O)(=O)Oc2ccc([Se+]3CCCC3)c3ccccc23)c2ccccc2C1=O. The monoisotopic (exact) mass is 511 g/mol. The van der Waals surface area contributed by atoms with Crippen molar-refractivity contribution in [2.45, 2.75) is 23.5 Å². The number of allylic oxidation sites excluding steroid dienone is 1. The van der Waals surface area contributed by atoms with E-state index >= 15 is 0 Å². The zero-order valence-corrected chi connectivity index (χ0v) is 19.6. The van der Waals surface area contributed by atoms with Crippen LogP contribution in [0.3, 0.4) is 0 Å². The Morgan fingerprint density at radius 2 is 1.53 bits per heavy atom. The Labute approximate surface area is 190 Å². The third-order valence-electron chi connectivity index (χ3n) is 5.70. The molecule has 1 aliphatic carbocycles. The molecule has 0 atom stereocenters. The van der Waals surface area contributed by atoms with Gasteiger partial charge >= 0.3 is 190 Å². The van der Waals surface area contributed by atoms with E-state index in [0.717, 1.165) is 16.8 Å². The molecule has 0 bridgehead atoms. The van der Waals surface area contributed by atoms with Crippen molar-refractivity contribution in [1.82, 2.24) is 0 Å². The maximum absolute atomic E-state index is 13.3. The molecule has 0 N–H and O–H groups in total. The van der Waals surface area contributed by atoms with Crippen molar-refractivity contribution in [2.75, 3.05) is 0 Å². The summed E-state index contributed by atoms with van der Waals surface area (Å²) < 4.78 is 33.6. The van der Waals surface area contributed by atoms with Crippen LogP contribution in [0.2, 0.25) is 10.6 Å². The van der Waals surface area contributed by atoms with Crippen LogP contribution in [0.25, 0.3) is 21.2 Å². The third kappa shape index (κ3) is 3.51. The number of carbonyl (C=O) groups is 1. The van der Waals surface area contributed by atoms with Crippen LogP contribution in [0.15, 0.2) is 66.7 Å². The molecule has 0 saturated carbocycles. The van der Waals surface area contributed by atoms with Crippen LogP contribution in [0.4, 0.5) is 0 Å². The van der Waals surface area contributed by atoms with Crippen LogP contribution in [0.5, 0.6) is 5.75 Å². The molecule has 1 heterocycles. The van der Waals surface area contributed by atoms with Crippen molar-refractivity contribution in [2.24, 2.45) is 0 Å². The second-order valence-corrected chi connectivity index (χ2v) is 13.8. The first-order chi connectivity index (χ1) is 15.5. The molecule has 160 valence electrons. The fourth-order valence-electron chi connectivity index (χ4n) is 4.19. The molecule has 2 aliphatic rings. The Hall–Kier alpha value is -3.02. The van der Waals surface area contributed by atoms with E-state index in [2.05, 4.69) is 4.79 Å². The van der Waals surface area contributed by atoms with Crippen molar-refractivity contribution in [3.8, 4) is 5.75 Å². The summed E-state index contributed by atoms with van der Waals surface area (Å²) in [7, 11) is -4.31. The maximum atomic E-state index is 13.3. The van der Waals surface area contributed by atoms with Gasteiger partial charge in [-0.15, -0.1) is 0 Å². The molecule has 6 nitrogen and oxygen atoms in total. The van der Waals surface area contributed by atoms with Crippen molar-refractivity contribution in [3.05, 3.63) is 83.4 Å². The van der Waals surface area contributed by atoms with Gasteiger partial charge < -0.3 is 0 Å². The molecule has 0 spiro atoms. The molecule has 3 aromatic rings. The van der Waals surface area contributed by atoms with Crippen LogP contribution in [-0.4, -0.2) is 38.6 Å². The van der Waals surface area contributed by atoms with E-state index in [1.807, 2.05) is 30.3 Å². The molecule has 1 aliphatic heterocycles. The topological polar surface area (TPSA) is 96.8 Å². The van der Waals surface area contributed by atoms with E-state index in [9.17, 15) is 18.7 Å². The molecule has 0 amide bonds. The average Bonchev–Trinajstić information content (AvgIpc) is 3.34. The molecule has 0 unspecified atom stereocenters. The summed E-state index contributed by atoms with van der Waals surface area (Å²) in [6, 6.07) is 17.8. The number of hydrogen-bond acceptors (Lipinski definition) is 4. The molecule has 8 heteroatoms. The number of rotatable bonds is 4. The van der Waals surface area contributed by atoms with Crippen LogP contribution in [0.1, 0.15) is 28.8 Å². The van der Waals surface area contributed by atoms with E-state index in [1.54, 1.807) is 24.3 Å². The fraction of sp³-hybridized carbons (Fsp3) is 0.167. The number of Topliss-reactive ketones (excluding diaryl/α,β-unsaturated/α-hetero) is 1. The van der Waals surface area contributed by atoms with Crippen molar-refractivity contribution in [3.63, 3.8) is 0 Å². The predicted molar refractivity (Wildman–Crippen MR) is 125 cm³/mol. The van der Waals surface area contributed by atoms with Crippen LogP contribution in [-0.2, 0) is 10.1 Å². The molecule has 3 aromatic carbocycles. The Kier molecular flexibility index (Phi) is 5.31. The van der Waals surface area contributed by atoms with Gasteiger partial charge in [-0.2, -0.15) is 0 Å². The summed E-state index contributed by atoms with van der Waals surface area (Å²) in [6.07, 6.45) is 3.57. The van der Waals surface area contributed by atoms with Crippen LogP contribution < -0.4 is 8.64 Å². The summed E-state index contributed by atoms with van der Waals surface area (Å²) in [5.74, 6) is -0.301. The zero-order valence-electron chi connectivity index (χ0n) is 17.0. The molecule has 0 radical (unpaired) electrons. The van der Waals surface area contributed by atoms with Crippen molar-refractivity contribution < 1.29 is 22.2 Å². The van der Waals surface area contributed by atoms with Gasteiger partial charge in [0.05, 0.1) is 0 Å². The number of benzene rings is 3. The van der Waals surface area contributed by atoms with Gasteiger partial charge in [0.1, 0.15) is 0 Å². The minimum atomic E-state index is -4.31. The van der Waals surface area contributed by atoms with Gasteiger partial charge in [0.15, 0.2) is 0 Å². The third-order valence-corrected chi connectivity index (χ3v) is 12.3. The molecule has 0 aromatic heterocycles. The van der Waals surface area contributed by atoms with Crippen LogP contribution >= 0.6 is 0 Å². The minimum absolute atomic E-state index is 0.150. The number of hydrogen-bond donors (Lipinski definition) is 0. The quantitative estimate of drug-likeness (QED) is 0.230. The van der Waals surface area contributed by atoms with Crippen LogP contribution in [0, 0.1) is 0 Å². The standard InChI is InChI=1S/C24H19N2O4SSe/c25-26-20-15-22(17-8-2-4-10-19(17)24(20)27)31(28,29)30-21-11-12-23(32-13-5-6-14-32)18-9-3-1-7-16(18)21/h1-4,7-12,15H,5-6,13-14H2/q+1. The van der Waals surface area contributed by atoms with E-state index in [-0.39, 0.29) is 27.5 Å². The Morgan fingerprint density at radius 3 is 2.25 bits per heavy atom. The summed E-state index contributed by atoms with van der Waals surface area (Å²) in [6.45, 7) is 0. The first kappa shape index (κ1) is 20.9. The van der Waals surface area contributed by atoms with Crippen molar-refractivity contribution >= 4 is 55.7 Å². The van der Waals surface area contributed by atoms with E-state index in [4.69, 9.17) is 4.18 Å². The first-order valence-corrected chi connectivity index (χ1v) is 14.9. The van der Waals surface area contributed by atoms with Gasteiger partial charge in [0, 0.05) is 0 Å². The van der Waals surface area contributed by atoms with Gasteiger partial charge in [-0.3, -0.25) is 0 Å². The van der Waals surface area contributed by atoms with Gasteiger partial charge in [-0.25, -0.2) is 0 Å². The Bertz CT molecular complexity index is 1450. The first-order valence-electron chi connectivity index (χ1n) is 10.2. The van der Waals surface area contributed by atoms with Gasteiger partial charge in [0.2, 0.25) is 0 Å². The van der Waals surface area contributed by atoms with Gasteiger partial charge in [-0.1, -0.05) is 0 Å². The second-order valence-electron chi connectivity index (χ2n) is 7.62. The summed E-state index contributed by atoms with van der Waals surface area (Å²) in [5.41, 5.74) is 9.25. The molecule has 5 rings (SSSR count). The van der Waals surface area contributed by atoms with Gasteiger partial charge in [-0.05, 0) is 0 Å². The van der Waals surface area contributed by atoms with Crippen molar-refractivity contribution in [1.29, 1.82) is 0 Å². The van der Waals surface area contributed by atoms with E-state index < -0.39 is 29.8 Å². The second kappa shape index (κ2) is 8.15. The average molecular weight is 510 g/mol. The Balaban J connectivity index is 1.61. The number of carbonyl (C=O) groups excluding carboxylic acids is 1. The fourth-order valence-corrected chi connectivity index (χ4v) is 10.6. The van der Waals surface area contributed by atoms with Gasteiger partial charge in [0.25, 0.3) is 0 Å². The molecule has 32 heavy (non-hydrogen) atoms. The van der Waals surface area contributed by atoms with E-state index in [1.165, 1.54) is 34.0 Å². The summed E-state index contributed by atoms with van der Waals surface area (Å²) in [5, 5.41) is 4.30. The number of ketones is 1. The molecular weight excluding hydrogens is 491 g/mol.